The molecule has 1 aromatic heterocycles. The Hall–Kier alpha value is -3.01. The Morgan fingerprint density at radius 3 is 2.58 bits per heavy atom. The van der Waals surface area contributed by atoms with Crippen molar-refractivity contribution in [1.82, 2.24) is 4.98 Å². The van der Waals surface area contributed by atoms with Gasteiger partial charge in [0, 0.05) is 29.0 Å². The number of hydrogen-bond acceptors (Lipinski definition) is 4. The van der Waals surface area contributed by atoms with E-state index in [0.717, 1.165) is 33.3 Å². The molecule has 0 bridgehead atoms. The summed E-state index contributed by atoms with van der Waals surface area (Å²) in [4.78, 5) is 4.57. The lowest BCUT2D eigenvalue weighted by Gasteiger charge is -2.23. The molecule has 132 valence electrons. The lowest BCUT2D eigenvalue weighted by Crippen LogP contribution is -2.04. The second-order valence-corrected chi connectivity index (χ2v) is 6.70. The van der Waals surface area contributed by atoms with Crippen molar-refractivity contribution < 1.29 is 9.47 Å². The topological polar surface area (TPSA) is 43.4 Å². The predicted molar refractivity (Wildman–Crippen MR) is 107 cm³/mol. The standard InChI is InChI=1S/C22H22N2O2/c1-13(2)14-6-5-7-15(12-14)18-16-8-10-23-17-9-11-24-20(19(16)17)22(26-4)21(18)25-3/h5-13,23H,1-4H3. The first kappa shape index (κ1) is 16.5. The largest absolute Gasteiger partial charge is 0.492 e. The third-order valence-electron chi connectivity index (χ3n) is 4.88. The van der Waals surface area contributed by atoms with Crippen molar-refractivity contribution >= 4 is 22.7 Å². The van der Waals surface area contributed by atoms with Crippen LogP contribution in [0.4, 0.5) is 5.69 Å². The summed E-state index contributed by atoms with van der Waals surface area (Å²) in [5.41, 5.74) is 6.36. The van der Waals surface area contributed by atoms with Crippen LogP contribution in [0.25, 0.3) is 28.1 Å². The minimum Gasteiger partial charge on any atom is -0.492 e. The number of methoxy groups -OCH3 is 2. The van der Waals surface area contributed by atoms with Gasteiger partial charge in [-0.1, -0.05) is 38.1 Å². The smallest absolute Gasteiger partial charge is 0.187 e. The summed E-state index contributed by atoms with van der Waals surface area (Å²) in [5.74, 6) is 1.83. The number of hydrogen-bond donors (Lipinski definition) is 1. The van der Waals surface area contributed by atoms with Gasteiger partial charge in [0.25, 0.3) is 0 Å². The monoisotopic (exact) mass is 346 g/mol. The average molecular weight is 346 g/mol. The van der Waals surface area contributed by atoms with Crippen molar-refractivity contribution in [3.05, 3.63) is 53.9 Å². The molecule has 2 aromatic carbocycles. The van der Waals surface area contributed by atoms with E-state index in [2.05, 4.69) is 54.5 Å². The molecule has 0 amide bonds. The van der Waals surface area contributed by atoms with Gasteiger partial charge in [-0.05, 0) is 34.8 Å². The highest BCUT2D eigenvalue weighted by molar-refractivity contribution is 6.10. The van der Waals surface area contributed by atoms with E-state index in [9.17, 15) is 0 Å². The third kappa shape index (κ3) is 2.41. The molecule has 0 saturated carbocycles. The SMILES string of the molecule is COc1c(-c2cccc(C(C)C)c2)c2c3c(ccnc3c1OC)NC=C2. The first-order valence-corrected chi connectivity index (χ1v) is 8.75. The second-order valence-electron chi connectivity index (χ2n) is 6.70. The van der Waals surface area contributed by atoms with Crippen molar-refractivity contribution in [3.8, 4) is 22.6 Å². The molecule has 0 atom stereocenters. The minimum atomic E-state index is 0.453. The molecule has 4 heteroatoms. The summed E-state index contributed by atoms with van der Waals surface area (Å²) in [6.45, 7) is 4.40. The van der Waals surface area contributed by atoms with Gasteiger partial charge in [-0.2, -0.15) is 0 Å². The Balaban J connectivity index is 2.14. The molecule has 0 fully saturated rings. The Labute approximate surface area is 153 Å². The van der Waals surface area contributed by atoms with Gasteiger partial charge in [0.15, 0.2) is 11.5 Å². The van der Waals surface area contributed by atoms with E-state index in [-0.39, 0.29) is 0 Å². The summed E-state index contributed by atoms with van der Waals surface area (Å²) in [5, 5.41) is 4.36. The fourth-order valence-corrected chi connectivity index (χ4v) is 3.60. The van der Waals surface area contributed by atoms with E-state index >= 15 is 0 Å². The van der Waals surface area contributed by atoms with Crippen molar-refractivity contribution in [3.63, 3.8) is 0 Å². The van der Waals surface area contributed by atoms with Gasteiger partial charge in [0.1, 0.15) is 5.52 Å². The Bertz CT molecular complexity index is 1020. The normalized spacial score (nSPS) is 12.3. The maximum Gasteiger partial charge on any atom is 0.187 e. The molecule has 26 heavy (non-hydrogen) atoms. The molecular formula is C22H22N2O2. The summed E-state index contributed by atoms with van der Waals surface area (Å²) in [6, 6.07) is 10.6. The molecule has 4 nitrogen and oxygen atoms in total. The zero-order valence-corrected chi connectivity index (χ0v) is 15.5. The van der Waals surface area contributed by atoms with Gasteiger partial charge in [0.05, 0.1) is 14.2 Å². The number of aromatic nitrogens is 1. The minimum absolute atomic E-state index is 0.453. The number of rotatable bonds is 4. The summed E-state index contributed by atoms with van der Waals surface area (Å²) >= 11 is 0. The third-order valence-corrected chi connectivity index (χ3v) is 4.88. The van der Waals surface area contributed by atoms with E-state index in [1.807, 2.05) is 12.3 Å². The van der Waals surface area contributed by atoms with E-state index in [1.165, 1.54) is 5.56 Å². The molecule has 1 aliphatic rings. The summed E-state index contributed by atoms with van der Waals surface area (Å²) < 4.78 is 11.5. The second kappa shape index (κ2) is 6.37. The van der Waals surface area contributed by atoms with Crippen LogP contribution >= 0.6 is 0 Å². The van der Waals surface area contributed by atoms with E-state index in [4.69, 9.17) is 9.47 Å². The zero-order chi connectivity index (χ0) is 18.3. The highest BCUT2D eigenvalue weighted by Gasteiger charge is 2.25. The summed E-state index contributed by atoms with van der Waals surface area (Å²) in [7, 11) is 3.34. The van der Waals surface area contributed by atoms with Gasteiger partial charge in [0.2, 0.25) is 0 Å². The molecule has 1 N–H and O–H groups in total. The number of pyridine rings is 1. The lowest BCUT2D eigenvalue weighted by atomic mass is 9.90. The number of ether oxygens (including phenoxy) is 2. The Morgan fingerprint density at radius 2 is 1.85 bits per heavy atom. The fraction of sp³-hybridized carbons (Fsp3) is 0.227. The number of nitrogens with zero attached hydrogens (tertiary/aromatic N) is 1. The van der Waals surface area contributed by atoms with E-state index in [0.29, 0.717) is 17.4 Å². The Morgan fingerprint density at radius 1 is 1.04 bits per heavy atom. The van der Waals surface area contributed by atoms with Crippen LogP contribution < -0.4 is 14.8 Å². The van der Waals surface area contributed by atoms with E-state index in [1.54, 1.807) is 20.4 Å². The molecule has 0 radical (unpaired) electrons. The molecule has 1 aliphatic heterocycles. The van der Waals surface area contributed by atoms with Crippen LogP contribution in [-0.2, 0) is 0 Å². The van der Waals surface area contributed by atoms with Crippen LogP contribution in [0.1, 0.15) is 30.9 Å². The average Bonchev–Trinajstić information content (AvgIpc) is 2.68. The van der Waals surface area contributed by atoms with Crippen LogP contribution in [0.2, 0.25) is 0 Å². The first-order chi connectivity index (χ1) is 12.7. The molecular weight excluding hydrogens is 324 g/mol. The van der Waals surface area contributed by atoms with Crippen LogP contribution in [-0.4, -0.2) is 19.2 Å². The zero-order valence-electron chi connectivity index (χ0n) is 15.5. The van der Waals surface area contributed by atoms with Crippen LogP contribution in [0.5, 0.6) is 11.5 Å². The highest BCUT2D eigenvalue weighted by Crippen LogP contribution is 2.49. The summed E-state index contributed by atoms with van der Waals surface area (Å²) in [6.07, 6.45) is 5.82. The molecule has 0 saturated heterocycles. The van der Waals surface area contributed by atoms with Crippen LogP contribution in [0, 0.1) is 0 Å². The number of benzene rings is 2. The quantitative estimate of drug-likeness (QED) is 0.683. The van der Waals surface area contributed by atoms with Crippen molar-refractivity contribution in [1.29, 1.82) is 0 Å². The van der Waals surface area contributed by atoms with Crippen LogP contribution in [0.3, 0.4) is 0 Å². The Kier molecular flexibility index (Phi) is 4.03. The predicted octanol–water partition coefficient (Wildman–Crippen LogP) is 5.44. The maximum atomic E-state index is 5.82. The lowest BCUT2D eigenvalue weighted by molar-refractivity contribution is 0.359. The van der Waals surface area contributed by atoms with Crippen LogP contribution in [0.15, 0.2) is 42.7 Å². The molecule has 4 rings (SSSR count). The molecule has 3 aromatic rings. The van der Waals surface area contributed by atoms with Crippen molar-refractivity contribution in [2.45, 2.75) is 19.8 Å². The van der Waals surface area contributed by atoms with E-state index < -0.39 is 0 Å². The van der Waals surface area contributed by atoms with Gasteiger partial charge >= 0.3 is 0 Å². The maximum absolute atomic E-state index is 5.82. The van der Waals surface area contributed by atoms with Gasteiger partial charge < -0.3 is 14.8 Å². The van der Waals surface area contributed by atoms with Gasteiger partial charge in [-0.15, -0.1) is 0 Å². The van der Waals surface area contributed by atoms with Crippen molar-refractivity contribution in [2.24, 2.45) is 0 Å². The number of nitrogens with one attached hydrogen (secondary N) is 1. The fourth-order valence-electron chi connectivity index (χ4n) is 3.60. The first-order valence-electron chi connectivity index (χ1n) is 8.75. The molecule has 2 heterocycles. The molecule has 0 aliphatic carbocycles. The van der Waals surface area contributed by atoms with Crippen molar-refractivity contribution in [2.75, 3.05) is 19.5 Å². The molecule has 0 spiro atoms. The highest BCUT2D eigenvalue weighted by atomic mass is 16.5. The number of anilines is 1. The van der Waals surface area contributed by atoms with Gasteiger partial charge in [-0.25, -0.2) is 0 Å². The van der Waals surface area contributed by atoms with Gasteiger partial charge in [-0.3, -0.25) is 4.98 Å². The molecule has 0 unspecified atom stereocenters.